The van der Waals surface area contributed by atoms with Crippen LogP contribution in [0.15, 0.2) is 71.6 Å². The fourth-order valence-corrected chi connectivity index (χ4v) is 4.32. The van der Waals surface area contributed by atoms with Gasteiger partial charge in [-0.3, -0.25) is 9.52 Å². The summed E-state index contributed by atoms with van der Waals surface area (Å²) < 4.78 is 27.6. The van der Waals surface area contributed by atoms with E-state index in [1.165, 1.54) is 11.1 Å². The second-order valence-corrected chi connectivity index (χ2v) is 9.46. The maximum atomic E-state index is 12.7. The fraction of sp³-hybridized carbons (Fsp3) is 0.240. The Morgan fingerprint density at radius 1 is 0.871 bits per heavy atom. The summed E-state index contributed by atoms with van der Waals surface area (Å²) >= 11 is 0. The van der Waals surface area contributed by atoms with E-state index in [4.69, 9.17) is 0 Å². The van der Waals surface area contributed by atoms with Crippen molar-refractivity contribution in [3.05, 3.63) is 94.5 Å². The minimum absolute atomic E-state index is 0.0912. The van der Waals surface area contributed by atoms with Crippen molar-refractivity contribution in [3.8, 4) is 0 Å². The maximum absolute atomic E-state index is 12.7. The molecule has 0 aromatic heterocycles. The van der Waals surface area contributed by atoms with Crippen LogP contribution in [0.1, 0.15) is 52.0 Å². The van der Waals surface area contributed by atoms with Crippen LogP contribution in [0.4, 0.5) is 5.69 Å². The summed E-state index contributed by atoms with van der Waals surface area (Å²) in [5.74, 6) is -0.196. The van der Waals surface area contributed by atoms with Gasteiger partial charge in [-0.25, -0.2) is 8.42 Å². The molecule has 162 valence electrons. The molecule has 31 heavy (non-hydrogen) atoms. The van der Waals surface area contributed by atoms with Crippen molar-refractivity contribution in [2.75, 3.05) is 4.72 Å². The smallest absolute Gasteiger partial charge is 0.261 e. The van der Waals surface area contributed by atoms with Crippen LogP contribution in [0.25, 0.3) is 0 Å². The van der Waals surface area contributed by atoms with Crippen molar-refractivity contribution in [1.29, 1.82) is 0 Å². The van der Waals surface area contributed by atoms with E-state index in [1.54, 1.807) is 48.5 Å². The van der Waals surface area contributed by atoms with Crippen molar-refractivity contribution in [2.24, 2.45) is 0 Å². The third kappa shape index (κ3) is 5.52. The number of benzene rings is 3. The Hall–Kier alpha value is -3.12. The minimum atomic E-state index is -3.68. The van der Waals surface area contributed by atoms with Crippen LogP contribution in [0.2, 0.25) is 0 Å². The van der Waals surface area contributed by atoms with Gasteiger partial charge in [0.15, 0.2) is 0 Å². The van der Waals surface area contributed by atoms with E-state index in [1.807, 2.05) is 19.9 Å². The van der Waals surface area contributed by atoms with E-state index >= 15 is 0 Å². The highest BCUT2D eigenvalue weighted by Gasteiger charge is 2.16. The van der Waals surface area contributed by atoms with Gasteiger partial charge in [0.2, 0.25) is 0 Å². The number of sulfonamides is 1. The third-order valence-corrected chi connectivity index (χ3v) is 6.77. The highest BCUT2D eigenvalue weighted by molar-refractivity contribution is 7.92. The summed E-state index contributed by atoms with van der Waals surface area (Å²) in [5, 5.41) is 3.07. The van der Waals surface area contributed by atoms with E-state index in [0.29, 0.717) is 11.3 Å². The molecule has 0 aliphatic carbocycles. The predicted octanol–water partition coefficient (Wildman–Crippen LogP) is 5.29. The van der Waals surface area contributed by atoms with Gasteiger partial charge in [0.25, 0.3) is 15.9 Å². The lowest BCUT2D eigenvalue weighted by Gasteiger charge is -2.19. The summed E-state index contributed by atoms with van der Waals surface area (Å²) in [6.45, 7) is 8.05. The molecule has 0 aliphatic heterocycles. The molecule has 3 aromatic carbocycles. The number of carbonyl (C=O) groups is 1. The molecular formula is C25H28N2O3S. The Labute approximate surface area is 184 Å². The van der Waals surface area contributed by atoms with Crippen molar-refractivity contribution in [1.82, 2.24) is 5.32 Å². The Balaban J connectivity index is 1.70. The van der Waals surface area contributed by atoms with Gasteiger partial charge in [0.05, 0.1) is 10.9 Å². The van der Waals surface area contributed by atoms with Gasteiger partial charge in [0.1, 0.15) is 0 Å². The van der Waals surface area contributed by atoms with Crippen LogP contribution in [0.5, 0.6) is 0 Å². The lowest BCUT2D eigenvalue weighted by atomic mass is 9.99. The first kappa shape index (κ1) is 22.6. The van der Waals surface area contributed by atoms with Crippen LogP contribution in [-0.2, 0) is 10.0 Å². The molecule has 0 heterocycles. The van der Waals surface area contributed by atoms with Crippen LogP contribution >= 0.6 is 0 Å². The molecule has 0 fully saturated rings. The zero-order chi connectivity index (χ0) is 22.6. The number of hydrogen-bond acceptors (Lipinski definition) is 3. The molecule has 0 unspecified atom stereocenters. The molecule has 1 amide bonds. The Morgan fingerprint density at radius 3 is 2.10 bits per heavy atom. The zero-order valence-electron chi connectivity index (χ0n) is 18.3. The van der Waals surface area contributed by atoms with Crippen molar-refractivity contribution >= 4 is 21.6 Å². The van der Waals surface area contributed by atoms with Crippen LogP contribution in [-0.4, -0.2) is 14.3 Å². The number of hydrogen-bond donors (Lipinski definition) is 2. The predicted molar refractivity (Wildman–Crippen MR) is 125 cm³/mol. The molecule has 0 spiro atoms. The number of carbonyl (C=O) groups excluding carboxylic acids is 1. The molecule has 2 N–H and O–H groups in total. The highest BCUT2D eigenvalue weighted by Crippen LogP contribution is 2.21. The summed E-state index contributed by atoms with van der Waals surface area (Å²) in [6.07, 6.45) is 0.767. The first-order valence-electron chi connectivity index (χ1n) is 10.3. The van der Waals surface area contributed by atoms with E-state index in [0.717, 1.165) is 17.5 Å². The third-order valence-electron chi connectivity index (χ3n) is 5.38. The van der Waals surface area contributed by atoms with Gasteiger partial charge in [-0.2, -0.15) is 0 Å². The second kappa shape index (κ2) is 9.35. The molecule has 0 saturated carbocycles. The Kier molecular flexibility index (Phi) is 6.81. The Bertz CT molecular complexity index is 1170. The molecule has 0 saturated heterocycles. The van der Waals surface area contributed by atoms with Gasteiger partial charge < -0.3 is 5.32 Å². The monoisotopic (exact) mass is 436 g/mol. The molecular weight excluding hydrogens is 408 g/mol. The first-order valence-corrected chi connectivity index (χ1v) is 11.8. The van der Waals surface area contributed by atoms with Crippen molar-refractivity contribution in [3.63, 3.8) is 0 Å². The largest absolute Gasteiger partial charge is 0.345 e. The lowest BCUT2D eigenvalue weighted by molar-refractivity contribution is 0.0935. The van der Waals surface area contributed by atoms with Crippen molar-refractivity contribution in [2.45, 2.75) is 45.1 Å². The standard InChI is InChI=1S/C25H28N2O3S/c1-5-24(21-9-8-18(3)19(4)16-21)26-25(28)20-10-12-22(13-11-20)27-31(29,30)23-14-6-17(2)7-15-23/h6-16,24,27H,5H2,1-4H3,(H,26,28)/t24-/m1/s1. The van der Waals surface area contributed by atoms with Gasteiger partial charge in [-0.1, -0.05) is 42.8 Å². The van der Waals surface area contributed by atoms with Gasteiger partial charge in [0, 0.05) is 11.3 Å². The minimum Gasteiger partial charge on any atom is -0.345 e. The second-order valence-electron chi connectivity index (χ2n) is 7.77. The molecule has 0 radical (unpaired) electrons. The molecule has 3 aromatic rings. The highest BCUT2D eigenvalue weighted by atomic mass is 32.2. The Morgan fingerprint density at radius 2 is 1.52 bits per heavy atom. The van der Waals surface area contributed by atoms with E-state index in [9.17, 15) is 13.2 Å². The quantitative estimate of drug-likeness (QED) is 0.528. The summed E-state index contributed by atoms with van der Waals surface area (Å²) in [4.78, 5) is 12.9. The normalized spacial score (nSPS) is 12.3. The van der Waals surface area contributed by atoms with Gasteiger partial charge >= 0.3 is 0 Å². The molecule has 0 bridgehead atoms. The van der Waals surface area contributed by atoms with E-state index < -0.39 is 10.0 Å². The molecule has 3 rings (SSSR count). The van der Waals surface area contributed by atoms with Gasteiger partial charge in [-0.05, 0) is 80.3 Å². The summed E-state index contributed by atoms with van der Waals surface area (Å²) in [7, 11) is -3.68. The SMILES string of the molecule is CC[C@@H](NC(=O)c1ccc(NS(=O)(=O)c2ccc(C)cc2)cc1)c1ccc(C)c(C)c1. The number of rotatable bonds is 7. The molecule has 5 nitrogen and oxygen atoms in total. The lowest BCUT2D eigenvalue weighted by Crippen LogP contribution is -2.28. The molecule has 6 heteroatoms. The van der Waals surface area contributed by atoms with Gasteiger partial charge in [-0.15, -0.1) is 0 Å². The van der Waals surface area contributed by atoms with Crippen LogP contribution in [0.3, 0.4) is 0 Å². The molecule has 0 aliphatic rings. The van der Waals surface area contributed by atoms with E-state index in [-0.39, 0.29) is 16.8 Å². The fourth-order valence-electron chi connectivity index (χ4n) is 3.27. The topological polar surface area (TPSA) is 75.3 Å². The zero-order valence-corrected chi connectivity index (χ0v) is 19.1. The number of nitrogens with one attached hydrogen (secondary N) is 2. The van der Waals surface area contributed by atoms with Crippen LogP contribution < -0.4 is 10.0 Å². The number of amides is 1. The summed E-state index contributed by atoms with van der Waals surface area (Å²) in [5.41, 5.74) is 5.34. The summed E-state index contributed by atoms with van der Waals surface area (Å²) in [6, 6.07) is 19.2. The average Bonchev–Trinajstić information content (AvgIpc) is 2.74. The maximum Gasteiger partial charge on any atom is 0.261 e. The van der Waals surface area contributed by atoms with Crippen LogP contribution in [0, 0.1) is 20.8 Å². The van der Waals surface area contributed by atoms with E-state index in [2.05, 4.69) is 36.0 Å². The molecule has 1 atom stereocenters. The number of anilines is 1. The average molecular weight is 437 g/mol. The number of aryl methyl sites for hydroxylation is 3. The first-order chi connectivity index (χ1) is 14.7. The van der Waals surface area contributed by atoms with Crippen molar-refractivity contribution < 1.29 is 13.2 Å².